The van der Waals surface area contributed by atoms with Crippen LogP contribution in [0.5, 0.6) is 0 Å². The quantitative estimate of drug-likeness (QED) is 0.858. The summed E-state index contributed by atoms with van der Waals surface area (Å²) in [6.07, 6.45) is 8.75. The summed E-state index contributed by atoms with van der Waals surface area (Å²) in [7, 11) is 0. The molecule has 0 aliphatic heterocycles. The summed E-state index contributed by atoms with van der Waals surface area (Å²) in [6, 6.07) is 8.94. The van der Waals surface area contributed by atoms with Crippen molar-refractivity contribution in [1.29, 1.82) is 0 Å². The highest BCUT2D eigenvalue weighted by atomic mass is 16.1. The Morgan fingerprint density at radius 1 is 1.14 bits per heavy atom. The molecule has 0 aromatic heterocycles. The van der Waals surface area contributed by atoms with Crippen LogP contribution in [0.3, 0.4) is 0 Å². The van der Waals surface area contributed by atoms with E-state index >= 15 is 0 Å². The van der Waals surface area contributed by atoms with E-state index in [2.05, 4.69) is 36.5 Å². The van der Waals surface area contributed by atoms with E-state index in [1.165, 1.54) is 49.7 Å². The van der Waals surface area contributed by atoms with Crippen LogP contribution in [0.25, 0.3) is 0 Å². The smallest absolute Gasteiger partial charge is 0.220 e. The second-order valence-corrected chi connectivity index (χ2v) is 7.93. The lowest BCUT2D eigenvalue weighted by Crippen LogP contribution is -2.32. The predicted octanol–water partition coefficient (Wildman–Crippen LogP) is 4.39. The number of nitrogens with one attached hydrogen (secondary N) is 1. The molecule has 0 radical (unpaired) electrons. The first-order chi connectivity index (χ1) is 10.7. The van der Waals surface area contributed by atoms with Crippen LogP contribution in [-0.2, 0) is 4.79 Å². The molecule has 0 heterocycles. The average Bonchev–Trinajstić information content (AvgIpc) is 3.14. The maximum absolute atomic E-state index is 12.5. The maximum Gasteiger partial charge on any atom is 0.220 e. The number of aryl methyl sites for hydroxylation is 1. The molecule has 4 atom stereocenters. The molecule has 1 N–H and O–H groups in total. The second kappa shape index (κ2) is 5.72. The summed E-state index contributed by atoms with van der Waals surface area (Å²) in [5, 5.41) is 3.36. The molecule has 3 aliphatic rings. The molecule has 3 fully saturated rings. The molecular weight excluding hydrogens is 270 g/mol. The molecular formula is C20H27NO. The van der Waals surface area contributed by atoms with Crippen LogP contribution in [0.4, 0.5) is 0 Å². The van der Waals surface area contributed by atoms with E-state index in [4.69, 9.17) is 0 Å². The largest absolute Gasteiger partial charge is 0.349 e. The fourth-order valence-electron chi connectivity index (χ4n) is 4.77. The van der Waals surface area contributed by atoms with Gasteiger partial charge >= 0.3 is 0 Å². The third-order valence-electron chi connectivity index (χ3n) is 6.18. The summed E-state index contributed by atoms with van der Waals surface area (Å²) in [6.45, 7) is 2.11. The molecule has 2 heteroatoms. The van der Waals surface area contributed by atoms with Gasteiger partial charge < -0.3 is 5.32 Å². The van der Waals surface area contributed by atoms with Gasteiger partial charge in [0.25, 0.3) is 0 Å². The lowest BCUT2D eigenvalue weighted by Gasteiger charge is -2.24. The Morgan fingerprint density at radius 3 is 2.50 bits per heavy atom. The summed E-state index contributed by atoms with van der Waals surface area (Å²) < 4.78 is 0. The average molecular weight is 297 g/mol. The van der Waals surface area contributed by atoms with E-state index in [1.807, 2.05) is 0 Å². The van der Waals surface area contributed by atoms with Crippen molar-refractivity contribution < 1.29 is 4.79 Å². The van der Waals surface area contributed by atoms with Gasteiger partial charge in [0.1, 0.15) is 0 Å². The van der Waals surface area contributed by atoms with Crippen LogP contribution >= 0.6 is 0 Å². The molecule has 2 nitrogen and oxygen atoms in total. The first kappa shape index (κ1) is 14.3. The van der Waals surface area contributed by atoms with Crippen molar-refractivity contribution in [2.24, 2.45) is 23.7 Å². The van der Waals surface area contributed by atoms with Crippen molar-refractivity contribution in [3.63, 3.8) is 0 Å². The van der Waals surface area contributed by atoms with Crippen LogP contribution in [0, 0.1) is 30.6 Å². The van der Waals surface area contributed by atoms with Crippen LogP contribution in [0.2, 0.25) is 0 Å². The summed E-state index contributed by atoms with van der Waals surface area (Å²) in [4.78, 5) is 12.5. The highest BCUT2D eigenvalue weighted by molar-refractivity contribution is 5.77. The van der Waals surface area contributed by atoms with Gasteiger partial charge in [-0.15, -0.1) is 0 Å². The van der Waals surface area contributed by atoms with Crippen molar-refractivity contribution >= 4 is 5.91 Å². The number of amides is 1. The fraction of sp³-hybridized carbons (Fsp3) is 0.650. The first-order valence-corrected chi connectivity index (χ1v) is 9.05. The van der Waals surface area contributed by atoms with E-state index in [0.29, 0.717) is 11.8 Å². The second-order valence-electron chi connectivity index (χ2n) is 7.93. The zero-order valence-electron chi connectivity index (χ0n) is 13.6. The van der Waals surface area contributed by atoms with E-state index in [-0.39, 0.29) is 11.9 Å². The van der Waals surface area contributed by atoms with Crippen molar-refractivity contribution in [3.8, 4) is 0 Å². The number of hydrogen-bond acceptors (Lipinski definition) is 1. The Hall–Kier alpha value is -1.31. The number of hydrogen-bond donors (Lipinski definition) is 1. The molecule has 1 amide bonds. The van der Waals surface area contributed by atoms with E-state index in [1.54, 1.807) is 0 Å². The SMILES string of the molecule is Cc1ccc([C@H](NC(=O)C[C@H]2C[C@H]3CC[C@H]2C3)C2CC2)cc1. The highest BCUT2D eigenvalue weighted by Crippen LogP contribution is 2.49. The van der Waals surface area contributed by atoms with Gasteiger partial charge in [-0.3, -0.25) is 4.79 Å². The van der Waals surface area contributed by atoms with Crippen molar-refractivity contribution in [1.82, 2.24) is 5.32 Å². The fourth-order valence-corrected chi connectivity index (χ4v) is 4.77. The van der Waals surface area contributed by atoms with E-state index in [9.17, 15) is 4.79 Å². The van der Waals surface area contributed by atoms with Gasteiger partial charge in [0.15, 0.2) is 0 Å². The zero-order valence-corrected chi connectivity index (χ0v) is 13.6. The number of carbonyl (C=O) groups excluding carboxylic acids is 1. The van der Waals surface area contributed by atoms with E-state index in [0.717, 1.165) is 18.3 Å². The topological polar surface area (TPSA) is 29.1 Å². The summed E-state index contributed by atoms with van der Waals surface area (Å²) in [5.41, 5.74) is 2.57. The molecule has 1 aromatic rings. The molecule has 3 aliphatic carbocycles. The Balaban J connectivity index is 1.39. The third-order valence-corrected chi connectivity index (χ3v) is 6.18. The van der Waals surface area contributed by atoms with Gasteiger partial charge in [-0.2, -0.15) is 0 Å². The Bertz CT molecular complexity index is 545. The van der Waals surface area contributed by atoms with Crippen LogP contribution in [0.15, 0.2) is 24.3 Å². The van der Waals surface area contributed by atoms with Gasteiger partial charge in [0, 0.05) is 6.42 Å². The van der Waals surface area contributed by atoms with Gasteiger partial charge in [-0.1, -0.05) is 36.2 Å². The third kappa shape index (κ3) is 2.93. The van der Waals surface area contributed by atoms with Crippen molar-refractivity contribution in [2.45, 2.75) is 57.9 Å². The summed E-state index contributed by atoms with van der Waals surface area (Å²) in [5.74, 6) is 3.38. The van der Waals surface area contributed by atoms with Gasteiger partial charge in [0.2, 0.25) is 5.91 Å². The molecule has 118 valence electrons. The highest BCUT2D eigenvalue weighted by Gasteiger charge is 2.41. The Labute approximate surface area is 133 Å². The molecule has 0 saturated heterocycles. The zero-order chi connectivity index (χ0) is 15.1. The minimum Gasteiger partial charge on any atom is -0.349 e. The Kier molecular flexibility index (Phi) is 3.71. The number of fused-ring (bicyclic) bond motifs is 2. The molecule has 4 rings (SSSR count). The maximum atomic E-state index is 12.5. The summed E-state index contributed by atoms with van der Waals surface area (Å²) >= 11 is 0. The molecule has 22 heavy (non-hydrogen) atoms. The van der Waals surface area contributed by atoms with Crippen molar-refractivity contribution in [3.05, 3.63) is 35.4 Å². The van der Waals surface area contributed by atoms with Gasteiger partial charge in [0.05, 0.1) is 6.04 Å². The lowest BCUT2D eigenvalue weighted by molar-refractivity contribution is -0.123. The molecule has 1 aromatic carbocycles. The molecule has 0 spiro atoms. The van der Waals surface area contributed by atoms with E-state index < -0.39 is 0 Å². The number of benzene rings is 1. The first-order valence-electron chi connectivity index (χ1n) is 9.05. The van der Waals surface area contributed by atoms with Gasteiger partial charge in [-0.25, -0.2) is 0 Å². The monoisotopic (exact) mass is 297 g/mol. The normalized spacial score (nSPS) is 31.2. The van der Waals surface area contributed by atoms with Crippen LogP contribution < -0.4 is 5.32 Å². The molecule has 3 saturated carbocycles. The van der Waals surface area contributed by atoms with Crippen molar-refractivity contribution in [2.75, 3.05) is 0 Å². The minimum absolute atomic E-state index is 0.242. The number of rotatable bonds is 5. The Morgan fingerprint density at radius 2 is 1.91 bits per heavy atom. The van der Waals surface area contributed by atoms with Crippen LogP contribution in [0.1, 0.15) is 62.1 Å². The minimum atomic E-state index is 0.242. The molecule has 2 bridgehead atoms. The lowest BCUT2D eigenvalue weighted by atomic mass is 9.86. The predicted molar refractivity (Wildman–Crippen MR) is 88.3 cm³/mol. The standard InChI is InChI=1S/C20H27NO/c1-13-2-5-15(6-3-13)20(16-8-9-16)21-19(22)12-18-11-14-4-7-17(18)10-14/h2-3,5-6,14,16-18,20H,4,7-12H2,1H3,(H,21,22)/t14-,17-,18+,20-/m0/s1. The van der Waals surface area contributed by atoms with Crippen LogP contribution in [-0.4, -0.2) is 5.91 Å². The molecule has 0 unspecified atom stereocenters. The number of carbonyl (C=O) groups is 1. The van der Waals surface area contributed by atoms with Gasteiger partial charge in [-0.05, 0) is 68.3 Å².